The molecule has 1 aliphatic heterocycles. The van der Waals surface area contributed by atoms with Gasteiger partial charge in [-0.2, -0.15) is 5.10 Å². The molecule has 0 radical (unpaired) electrons. The summed E-state index contributed by atoms with van der Waals surface area (Å²) in [6.45, 7) is 5.45. The highest BCUT2D eigenvalue weighted by Crippen LogP contribution is 2.17. The molecule has 9 heteroatoms. The van der Waals surface area contributed by atoms with Gasteiger partial charge in [-0.15, -0.1) is 0 Å². The summed E-state index contributed by atoms with van der Waals surface area (Å²) in [5.41, 5.74) is 1.54. The van der Waals surface area contributed by atoms with Gasteiger partial charge in [-0.3, -0.25) is 19.7 Å². The van der Waals surface area contributed by atoms with Gasteiger partial charge in [-0.25, -0.2) is 4.68 Å². The van der Waals surface area contributed by atoms with E-state index in [-0.39, 0.29) is 18.0 Å². The average molecular weight is 384 g/mol. The summed E-state index contributed by atoms with van der Waals surface area (Å²) in [7, 11) is 0. The third-order valence-electron chi connectivity index (χ3n) is 4.43. The van der Waals surface area contributed by atoms with Crippen LogP contribution in [0.1, 0.15) is 43.9 Å². The number of nitrogens with zero attached hydrogens (tertiary/aromatic N) is 2. The predicted octanol–water partition coefficient (Wildman–Crippen LogP) is 0.962. The van der Waals surface area contributed by atoms with E-state index in [1.165, 1.54) is 4.68 Å². The molecule has 0 bridgehead atoms. The predicted molar refractivity (Wildman–Crippen MR) is 103 cm³/mol. The Hall–Kier alpha value is -3.20. The minimum atomic E-state index is -0.806. The lowest BCUT2D eigenvalue weighted by molar-refractivity contribution is -0.136. The van der Waals surface area contributed by atoms with Gasteiger partial charge in [0, 0.05) is 18.5 Å². The second-order valence-electron chi connectivity index (χ2n) is 6.92. The second kappa shape index (κ2) is 8.22. The van der Waals surface area contributed by atoms with Crippen molar-refractivity contribution >= 4 is 23.5 Å². The number of carbonyl (C=O) groups is 3. The normalized spacial score (nSPS) is 20.2. The van der Waals surface area contributed by atoms with Crippen molar-refractivity contribution in [1.82, 2.24) is 25.7 Å². The highest BCUT2D eigenvalue weighted by Gasteiger charge is 2.27. The molecule has 4 N–H and O–H groups in total. The van der Waals surface area contributed by atoms with Gasteiger partial charge in [-0.1, -0.05) is 30.3 Å². The SMILES string of the molecule is Cc1cc(NC(=O)C(=O)NC(C)c2ccccc2)n(C2NC(=O)CC(C)N2)n1. The maximum Gasteiger partial charge on any atom is 0.314 e. The van der Waals surface area contributed by atoms with Gasteiger partial charge in [0.05, 0.1) is 11.7 Å². The Labute approximate surface area is 162 Å². The number of aromatic nitrogens is 2. The van der Waals surface area contributed by atoms with E-state index in [9.17, 15) is 14.4 Å². The van der Waals surface area contributed by atoms with E-state index >= 15 is 0 Å². The number of amides is 3. The van der Waals surface area contributed by atoms with Crippen molar-refractivity contribution in [1.29, 1.82) is 0 Å². The number of hydrogen-bond acceptors (Lipinski definition) is 5. The van der Waals surface area contributed by atoms with Crippen LogP contribution in [-0.2, 0) is 14.4 Å². The highest BCUT2D eigenvalue weighted by atomic mass is 16.2. The lowest BCUT2D eigenvalue weighted by Crippen LogP contribution is -2.52. The van der Waals surface area contributed by atoms with E-state index in [4.69, 9.17) is 0 Å². The van der Waals surface area contributed by atoms with Crippen molar-refractivity contribution in [2.75, 3.05) is 5.32 Å². The topological polar surface area (TPSA) is 117 Å². The Bertz CT molecular complexity index is 879. The Morgan fingerprint density at radius 3 is 2.64 bits per heavy atom. The minimum absolute atomic E-state index is 0.0400. The molecule has 9 nitrogen and oxygen atoms in total. The maximum atomic E-state index is 12.4. The lowest BCUT2D eigenvalue weighted by atomic mass is 10.1. The molecule has 0 aliphatic carbocycles. The third kappa shape index (κ3) is 4.55. The van der Waals surface area contributed by atoms with E-state index in [2.05, 4.69) is 26.4 Å². The number of rotatable bonds is 4. The fourth-order valence-corrected chi connectivity index (χ4v) is 3.06. The van der Waals surface area contributed by atoms with Gasteiger partial charge in [0.1, 0.15) is 5.82 Å². The molecule has 3 amide bonds. The molecule has 148 valence electrons. The van der Waals surface area contributed by atoms with E-state index in [0.29, 0.717) is 17.9 Å². The van der Waals surface area contributed by atoms with Crippen molar-refractivity contribution in [3.63, 3.8) is 0 Å². The molecule has 2 aromatic rings. The van der Waals surface area contributed by atoms with E-state index in [1.54, 1.807) is 19.9 Å². The standard InChI is InChI=1S/C19H24N6O3/c1-11-10-16(26)23-19(20-11)25-15(9-12(2)24-25)22-18(28)17(27)21-13(3)14-7-5-4-6-8-14/h4-9,11,13,19-20H,10H2,1-3H3,(H,21,27)(H,22,28)(H,23,26). The van der Waals surface area contributed by atoms with Gasteiger partial charge < -0.3 is 16.0 Å². The molecular formula is C19H24N6O3. The van der Waals surface area contributed by atoms with E-state index in [0.717, 1.165) is 5.56 Å². The van der Waals surface area contributed by atoms with Crippen molar-refractivity contribution in [3.05, 3.63) is 47.7 Å². The lowest BCUT2D eigenvalue weighted by Gasteiger charge is -2.30. The molecule has 1 aromatic carbocycles. The second-order valence-corrected chi connectivity index (χ2v) is 6.92. The highest BCUT2D eigenvalue weighted by molar-refractivity contribution is 6.39. The number of carbonyl (C=O) groups excluding carboxylic acids is 3. The van der Waals surface area contributed by atoms with Crippen molar-refractivity contribution in [2.45, 2.75) is 45.6 Å². The molecule has 0 spiro atoms. The fourth-order valence-electron chi connectivity index (χ4n) is 3.06. The maximum absolute atomic E-state index is 12.4. The van der Waals surface area contributed by atoms with Crippen LogP contribution < -0.4 is 21.3 Å². The molecule has 1 aromatic heterocycles. The monoisotopic (exact) mass is 384 g/mol. The zero-order valence-corrected chi connectivity index (χ0v) is 16.0. The summed E-state index contributed by atoms with van der Waals surface area (Å²) in [6, 6.07) is 10.6. The smallest absolute Gasteiger partial charge is 0.314 e. The van der Waals surface area contributed by atoms with Gasteiger partial charge in [0.15, 0.2) is 6.29 Å². The molecule has 2 heterocycles. The number of nitrogens with one attached hydrogen (secondary N) is 4. The summed E-state index contributed by atoms with van der Waals surface area (Å²) in [5, 5.41) is 15.5. The Balaban J connectivity index is 1.68. The van der Waals surface area contributed by atoms with Gasteiger partial charge >= 0.3 is 11.8 Å². The minimum Gasteiger partial charge on any atom is -0.341 e. The van der Waals surface area contributed by atoms with Crippen LogP contribution in [0, 0.1) is 6.92 Å². The number of aryl methyl sites for hydroxylation is 1. The Morgan fingerprint density at radius 1 is 1.25 bits per heavy atom. The number of benzene rings is 1. The van der Waals surface area contributed by atoms with Crippen LogP contribution in [0.5, 0.6) is 0 Å². The molecule has 1 saturated heterocycles. The fraction of sp³-hybridized carbons (Fsp3) is 0.368. The zero-order chi connectivity index (χ0) is 20.3. The molecule has 28 heavy (non-hydrogen) atoms. The quantitative estimate of drug-likeness (QED) is 0.586. The Kier molecular flexibility index (Phi) is 5.74. The van der Waals surface area contributed by atoms with Gasteiger partial charge in [-0.05, 0) is 26.3 Å². The van der Waals surface area contributed by atoms with Crippen LogP contribution >= 0.6 is 0 Å². The van der Waals surface area contributed by atoms with Gasteiger partial charge in [0.2, 0.25) is 5.91 Å². The van der Waals surface area contributed by atoms with Crippen molar-refractivity contribution < 1.29 is 14.4 Å². The first-order chi connectivity index (χ1) is 13.3. The van der Waals surface area contributed by atoms with Gasteiger partial charge in [0.25, 0.3) is 0 Å². The molecule has 0 saturated carbocycles. The molecule has 3 atom stereocenters. The summed E-state index contributed by atoms with van der Waals surface area (Å²) in [5.74, 6) is -1.36. The molecule has 1 aliphatic rings. The van der Waals surface area contributed by atoms with Crippen LogP contribution in [-0.4, -0.2) is 33.5 Å². The zero-order valence-electron chi connectivity index (χ0n) is 16.0. The summed E-state index contributed by atoms with van der Waals surface area (Å²) >= 11 is 0. The van der Waals surface area contributed by atoms with Crippen LogP contribution in [0.15, 0.2) is 36.4 Å². The third-order valence-corrected chi connectivity index (χ3v) is 4.43. The van der Waals surface area contributed by atoms with E-state index < -0.39 is 18.1 Å². The van der Waals surface area contributed by atoms with Crippen molar-refractivity contribution in [3.8, 4) is 0 Å². The average Bonchev–Trinajstić information content (AvgIpc) is 3.01. The van der Waals surface area contributed by atoms with Crippen LogP contribution in [0.4, 0.5) is 5.82 Å². The molecule has 3 rings (SSSR count). The molecular weight excluding hydrogens is 360 g/mol. The van der Waals surface area contributed by atoms with Crippen LogP contribution in [0.2, 0.25) is 0 Å². The largest absolute Gasteiger partial charge is 0.341 e. The summed E-state index contributed by atoms with van der Waals surface area (Å²) < 4.78 is 1.45. The van der Waals surface area contributed by atoms with Crippen LogP contribution in [0.25, 0.3) is 0 Å². The molecule has 1 fully saturated rings. The summed E-state index contributed by atoms with van der Waals surface area (Å²) in [6.07, 6.45) is -0.246. The van der Waals surface area contributed by atoms with E-state index in [1.807, 2.05) is 37.3 Å². The molecule has 3 unspecified atom stereocenters. The number of anilines is 1. The first kappa shape index (κ1) is 19.6. The first-order valence-corrected chi connectivity index (χ1v) is 9.12. The van der Waals surface area contributed by atoms with Crippen LogP contribution in [0.3, 0.4) is 0 Å². The summed E-state index contributed by atoms with van der Waals surface area (Å²) in [4.78, 5) is 36.5. The Morgan fingerprint density at radius 2 is 1.96 bits per heavy atom. The number of hydrogen-bond donors (Lipinski definition) is 4. The van der Waals surface area contributed by atoms with Crippen molar-refractivity contribution in [2.24, 2.45) is 0 Å². The first-order valence-electron chi connectivity index (χ1n) is 9.12.